The van der Waals surface area contributed by atoms with Gasteiger partial charge in [0, 0.05) is 16.9 Å². The number of aromatic nitrogens is 2. The minimum atomic E-state index is -0.901. The Morgan fingerprint density at radius 2 is 2.33 bits per heavy atom. The van der Waals surface area contributed by atoms with Gasteiger partial charge in [-0.1, -0.05) is 15.9 Å². The summed E-state index contributed by atoms with van der Waals surface area (Å²) in [5, 5.41) is 9.35. The second-order valence-electron chi connectivity index (χ2n) is 4.77. The van der Waals surface area contributed by atoms with E-state index in [0.717, 1.165) is 40.6 Å². The van der Waals surface area contributed by atoms with Crippen LogP contribution in [0.1, 0.15) is 42.0 Å². The number of imidazole rings is 1. The number of carbonyl (C=O) groups is 1. The number of aryl methyl sites for hydroxylation is 1. The molecule has 1 atom stereocenters. The third-order valence-corrected chi connectivity index (χ3v) is 3.97. The lowest BCUT2D eigenvalue weighted by Gasteiger charge is -2.22. The van der Waals surface area contributed by atoms with Gasteiger partial charge in [0.05, 0.1) is 16.6 Å². The molecule has 0 amide bonds. The van der Waals surface area contributed by atoms with Crippen LogP contribution in [0.15, 0.2) is 16.6 Å². The Bertz CT molecular complexity index is 648. The van der Waals surface area contributed by atoms with E-state index >= 15 is 0 Å². The third-order valence-electron chi connectivity index (χ3n) is 3.52. The SMILES string of the molecule is CC1CCCc2nc3cc(Br)cc(C(=O)O)c3n21. The molecule has 1 aliphatic rings. The van der Waals surface area contributed by atoms with Crippen molar-refractivity contribution in [2.75, 3.05) is 0 Å². The number of hydrogen-bond acceptors (Lipinski definition) is 2. The molecule has 1 aromatic heterocycles. The monoisotopic (exact) mass is 308 g/mol. The molecule has 94 valence electrons. The van der Waals surface area contributed by atoms with E-state index in [2.05, 4.69) is 32.4 Å². The van der Waals surface area contributed by atoms with E-state index in [1.54, 1.807) is 6.07 Å². The van der Waals surface area contributed by atoms with Crippen molar-refractivity contribution in [2.45, 2.75) is 32.2 Å². The zero-order valence-corrected chi connectivity index (χ0v) is 11.6. The molecule has 0 fully saturated rings. The summed E-state index contributed by atoms with van der Waals surface area (Å²) in [6.07, 6.45) is 3.12. The second-order valence-corrected chi connectivity index (χ2v) is 5.68. The number of carboxylic acids is 1. The fourth-order valence-electron chi connectivity index (χ4n) is 2.74. The van der Waals surface area contributed by atoms with Gasteiger partial charge in [-0.2, -0.15) is 0 Å². The largest absolute Gasteiger partial charge is 0.478 e. The van der Waals surface area contributed by atoms with Crippen molar-refractivity contribution in [3.8, 4) is 0 Å². The van der Waals surface area contributed by atoms with E-state index in [1.807, 2.05) is 6.07 Å². The number of halogens is 1. The zero-order valence-electron chi connectivity index (χ0n) is 9.98. The molecule has 4 nitrogen and oxygen atoms in total. The van der Waals surface area contributed by atoms with E-state index < -0.39 is 5.97 Å². The van der Waals surface area contributed by atoms with Crippen LogP contribution < -0.4 is 0 Å². The summed E-state index contributed by atoms with van der Waals surface area (Å²) in [4.78, 5) is 16.0. The number of fused-ring (bicyclic) bond motifs is 3. The lowest BCUT2D eigenvalue weighted by atomic mass is 10.1. The van der Waals surface area contributed by atoms with Crippen LogP contribution in [0.3, 0.4) is 0 Å². The highest BCUT2D eigenvalue weighted by molar-refractivity contribution is 9.10. The Hall–Kier alpha value is -1.36. The molecule has 1 N–H and O–H groups in total. The fourth-order valence-corrected chi connectivity index (χ4v) is 3.19. The first-order chi connectivity index (χ1) is 8.58. The lowest BCUT2D eigenvalue weighted by molar-refractivity contribution is 0.0698. The highest BCUT2D eigenvalue weighted by atomic mass is 79.9. The van der Waals surface area contributed by atoms with Gasteiger partial charge in [-0.05, 0) is 31.9 Å². The van der Waals surface area contributed by atoms with Gasteiger partial charge in [-0.25, -0.2) is 9.78 Å². The van der Waals surface area contributed by atoms with E-state index in [0.29, 0.717) is 11.6 Å². The van der Waals surface area contributed by atoms with Gasteiger partial charge in [-0.3, -0.25) is 0 Å². The molecular formula is C13H13BrN2O2. The average molecular weight is 309 g/mol. The van der Waals surface area contributed by atoms with Gasteiger partial charge in [-0.15, -0.1) is 0 Å². The summed E-state index contributed by atoms with van der Waals surface area (Å²) < 4.78 is 2.85. The molecule has 18 heavy (non-hydrogen) atoms. The van der Waals surface area contributed by atoms with Crippen LogP contribution in [-0.4, -0.2) is 20.6 Å². The molecule has 0 radical (unpaired) electrons. The average Bonchev–Trinajstić information content (AvgIpc) is 2.66. The summed E-state index contributed by atoms with van der Waals surface area (Å²) in [5.74, 6) is 0.103. The Morgan fingerprint density at radius 1 is 1.56 bits per heavy atom. The predicted molar refractivity (Wildman–Crippen MR) is 72.0 cm³/mol. The van der Waals surface area contributed by atoms with Crippen LogP contribution in [0.25, 0.3) is 11.0 Å². The van der Waals surface area contributed by atoms with Crippen molar-refractivity contribution >= 4 is 32.9 Å². The predicted octanol–water partition coefficient (Wildman–Crippen LogP) is 3.39. The molecule has 1 aliphatic heterocycles. The van der Waals surface area contributed by atoms with Gasteiger partial charge in [0.25, 0.3) is 0 Å². The Kier molecular flexibility index (Phi) is 2.66. The summed E-state index contributed by atoms with van der Waals surface area (Å²) in [7, 11) is 0. The van der Waals surface area contributed by atoms with Crippen LogP contribution >= 0.6 is 15.9 Å². The first-order valence-electron chi connectivity index (χ1n) is 6.01. The van der Waals surface area contributed by atoms with Crippen LogP contribution in [-0.2, 0) is 6.42 Å². The molecule has 0 saturated carbocycles. The van der Waals surface area contributed by atoms with Gasteiger partial charge in [0.1, 0.15) is 5.82 Å². The standard InChI is InChI=1S/C13H13BrN2O2/c1-7-3-2-4-11-15-10-6-8(14)5-9(13(17)18)12(10)16(7)11/h5-7H,2-4H2,1H3,(H,17,18). The number of aromatic carboxylic acids is 1. The van der Waals surface area contributed by atoms with E-state index in [9.17, 15) is 9.90 Å². The summed E-state index contributed by atoms with van der Waals surface area (Å²) in [6.45, 7) is 2.12. The number of benzene rings is 1. The van der Waals surface area contributed by atoms with Crippen LogP contribution in [0, 0.1) is 0 Å². The molecule has 0 spiro atoms. The van der Waals surface area contributed by atoms with Crippen LogP contribution in [0.5, 0.6) is 0 Å². The Labute approximate surface area is 113 Å². The lowest BCUT2D eigenvalue weighted by Crippen LogP contribution is -2.16. The minimum absolute atomic E-state index is 0.318. The maximum atomic E-state index is 11.4. The van der Waals surface area contributed by atoms with Crippen LogP contribution in [0.2, 0.25) is 0 Å². The Balaban J connectivity index is 2.40. The summed E-state index contributed by atoms with van der Waals surface area (Å²) in [5.41, 5.74) is 1.85. The van der Waals surface area contributed by atoms with Crippen molar-refractivity contribution in [3.63, 3.8) is 0 Å². The summed E-state index contributed by atoms with van der Waals surface area (Å²) >= 11 is 3.35. The molecule has 1 unspecified atom stereocenters. The molecular weight excluding hydrogens is 296 g/mol. The molecule has 3 rings (SSSR count). The molecule has 0 bridgehead atoms. The van der Waals surface area contributed by atoms with Gasteiger partial charge in [0.2, 0.25) is 0 Å². The van der Waals surface area contributed by atoms with Crippen LogP contribution in [0.4, 0.5) is 0 Å². The first-order valence-corrected chi connectivity index (χ1v) is 6.81. The number of nitrogens with zero attached hydrogens (tertiary/aromatic N) is 2. The van der Waals surface area contributed by atoms with Crippen molar-refractivity contribution in [3.05, 3.63) is 28.0 Å². The number of hydrogen-bond donors (Lipinski definition) is 1. The van der Waals surface area contributed by atoms with E-state index in [1.165, 1.54) is 0 Å². The molecule has 2 aromatic rings. The zero-order chi connectivity index (χ0) is 12.9. The third kappa shape index (κ3) is 1.65. The number of rotatable bonds is 1. The first kappa shape index (κ1) is 11.7. The molecule has 5 heteroatoms. The highest BCUT2D eigenvalue weighted by Gasteiger charge is 2.24. The normalized spacial score (nSPS) is 18.9. The van der Waals surface area contributed by atoms with Gasteiger partial charge >= 0.3 is 5.97 Å². The quantitative estimate of drug-likeness (QED) is 0.878. The van der Waals surface area contributed by atoms with E-state index in [4.69, 9.17) is 0 Å². The van der Waals surface area contributed by atoms with Gasteiger partial charge in [0.15, 0.2) is 0 Å². The topological polar surface area (TPSA) is 55.1 Å². The summed E-state index contributed by atoms with van der Waals surface area (Å²) in [6, 6.07) is 3.86. The molecule has 0 saturated heterocycles. The molecule has 0 aliphatic carbocycles. The van der Waals surface area contributed by atoms with Gasteiger partial charge < -0.3 is 9.67 Å². The fraction of sp³-hybridized carbons (Fsp3) is 0.385. The maximum Gasteiger partial charge on any atom is 0.337 e. The number of carboxylic acid groups (broad SMARTS) is 1. The second kappa shape index (κ2) is 4.09. The van der Waals surface area contributed by atoms with E-state index in [-0.39, 0.29) is 0 Å². The van der Waals surface area contributed by atoms with Crippen molar-refractivity contribution < 1.29 is 9.90 Å². The molecule has 2 heterocycles. The van der Waals surface area contributed by atoms with Crippen molar-refractivity contribution in [1.82, 2.24) is 9.55 Å². The smallest absolute Gasteiger partial charge is 0.337 e. The minimum Gasteiger partial charge on any atom is -0.478 e. The van der Waals surface area contributed by atoms with Crippen molar-refractivity contribution in [1.29, 1.82) is 0 Å². The van der Waals surface area contributed by atoms with Crippen molar-refractivity contribution in [2.24, 2.45) is 0 Å². The highest BCUT2D eigenvalue weighted by Crippen LogP contribution is 2.33. The Morgan fingerprint density at radius 3 is 3.06 bits per heavy atom. The molecule has 1 aromatic carbocycles. The maximum absolute atomic E-state index is 11.4.